The summed E-state index contributed by atoms with van der Waals surface area (Å²) in [6.45, 7) is 2.50. The molecule has 216 valence electrons. The zero-order valence-electron chi connectivity index (χ0n) is 22.2. The Labute approximate surface area is 230 Å². The Bertz CT molecular complexity index is 1200. The van der Waals surface area contributed by atoms with E-state index >= 15 is 0 Å². The fraction of sp³-hybridized carbons (Fsp3) is 0.552. The first-order chi connectivity index (χ1) is 19.1. The molecule has 1 aliphatic carbocycles. The predicted octanol–water partition coefficient (Wildman–Crippen LogP) is 4.72. The third-order valence-electron chi connectivity index (χ3n) is 8.49. The zero-order valence-corrected chi connectivity index (χ0v) is 22.2. The average Bonchev–Trinajstić information content (AvgIpc) is 3.45. The minimum atomic E-state index is -4.14. The molecule has 1 atom stereocenters. The highest BCUT2D eigenvalue weighted by atomic mass is 19.4. The molecule has 0 bridgehead atoms. The summed E-state index contributed by atoms with van der Waals surface area (Å²) in [4.78, 5) is 30.8. The maximum atomic E-state index is 14.8. The van der Waals surface area contributed by atoms with Crippen LogP contribution in [0.5, 0.6) is 5.75 Å². The molecule has 1 aromatic carbocycles. The minimum Gasteiger partial charge on any atom is -0.492 e. The molecule has 2 saturated heterocycles. The summed E-state index contributed by atoms with van der Waals surface area (Å²) in [5.74, 6) is -0.951. The van der Waals surface area contributed by atoms with Crippen LogP contribution in [-0.4, -0.2) is 66.7 Å². The van der Waals surface area contributed by atoms with E-state index in [0.29, 0.717) is 44.0 Å². The van der Waals surface area contributed by atoms with Crippen LogP contribution < -0.4 is 15.4 Å². The number of piperidine rings is 1. The number of likely N-dealkylation sites (tertiary alicyclic amines) is 1. The number of benzene rings is 1. The number of nitrogens with one attached hydrogen (secondary N) is 2. The van der Waals surface area contributed by atoms with Gasteiger partial charge < -0.3 is 15.0 Å². The van der Waals surface area contributed by atoms with Crippen LogP contribution in [-0.2, 0) is 4.79 Å². The maximum absolute atomic E-state index is 14.8. The van der Waals surface area contributed by atoms with Gasteiger partial charge in [-0.15, -0.1) is 0 Å². The first-order valence-electron chi connectivity index (χ1n) is 13.9. The smallest absolute Gasteiger partial charge is 0.395 e. The Morgan fingerprint density at radius 2 is 1.88 bits per heavy atom. The van der Waals surface area contributed by atoms with Gasteiger partial charge in [-0.05, 0) is 94.4 Å². The highest BCUT2D eigenvalue weighted by Crippen LogP contribution is 2.53. The maximum Gasteiger partial charge on any atom is 0.395 e. The van der Waals surface area contributed by atoms with Crippen LogP contribution in [0.4, 0.5) is 17.6 Å². The van der Waals surface area contributed by atoms with Crippen molar-refractivity contribution in [3.8, 4) is 17.0 Å². The molecule has 7 nitrogen and oxygen atoms in total. The molecule has 1 saturated carbocycles. The van der Waals surface area contributed by atoms with Crippen LogP contribution in [0.1, 0.15) is 55.3 Å². The van der Waals surface area contributed by atoms with E-state index < -0.39 is 35.3 Å². The molecule has 3 heterocycles. The highest BCUT2D eigenvalue weighted by molar-refractivity contribution is 6.06. The number of amides is 2. The van der Waals surface area contributed by atoms with Crippen molar-refractivity contribution in [3.05, 3.63) is 47.9 Å². The topological polar surface area (TPSA) is 83.6 Å². The molecule has 3 fully saturated rings. The number of imide groups is 1. The lowest BCUT2D eigenvalue weighted by atomic mass is 9.67. The third kappa shape index (κ3) is 6.30. The molecule has 2 amide bonds. The second-order valence-electron chi connectivity index (χ2n) is 11.2. The molecule has 11 heteroatoms. The average molecular weight is 563 g/mol. The number of nitrogens with zero attached hydrogens (tertiary/aromatic N) is 2. The van der Waals surface area contributed by atoms with E-state index in [0.717, 1.165) is 31.9 Å². The van der Waals surface area contributed by atoms with E-state index in [1.54, 1.807) is 12.1 Å². The second-order valence-corrected chi connectivity index (χ2v) is 11.2. The molecule has 2 N–H and O–H groups in total. The largest absolute Gasteiger partial charge is 0.492 e. The number of hydrogen-bond donors (Lipinski definition) is 2. The molecule has 2 aliphatic heterocycles. The van der Waals surface area contributed by atoms with Gasteiger partial charge >= 0.3 is 6.18 Å². The van der Waals surface area contributed by atoms with Crippen LogP contribution in [0.25, 0.3) is 11.3 Å². The van der Waals surface area contributed by atoms with Crippen LogP contribution in [0.15, 0.2) is 36.5 Å². The van der Waals surface area contributed by atoms with Crippen molar-refractivity contribution < 1.29 is 31.9 Å². The quantitative estimate of drug-likeness (QED) is 0.358. The number of carbonyl (C=O) groups excluding carboxylic acids is 2. The number of pyridine rings is 1. The molecular formula is C29H34F4N4O3. The van der Waals surface area contributed by atoms with Gasteiger partial charge in [0.2, 0.25) is 5.91 Å². The van der Waals surface area contributed by atoms with Crippen LogP contribution in [0, 0.1) is 17.2 Å². The Kier molecular flexibility index (Phi) is 8.42. The lowest BCUT2D eigenvalue weighted by Gasteiger charge is -2.47. The Balaban J connectivity index is 1.09. The first kappa shape index (κ1) is 28.5. The zero-order chi connectivity index (χ0) is 28.3. The number of aromatic nitrogens is 1. The number of rotatable bonds is 8. The van der Waals surface area contributed by atoms with Crippen LogP contribution >= 0.6 is 0 Å². The number of carbonyl (C=O) groups is 2. The molecule has 2 aromatic rings. The highest BCUT2D eigenvalue weighted by Gasteiger charge is 2.58. The fourth-order valence-corrected chi connectivity index (χ4v) is 5.76. The molecule has 1 aromatic heterocycles. The molecule has 5 rings (SSSR count). The molecule has 3 aliphatic rings. The van der Waals surface area contributed by atoms with Crippen molar-refractivity contribution in [2.75, 3.05) is 32.8 Å². The third-order valence-corrected chi connectivity index (χ3v) is 8.49. The van der Waals surface area contributed by atoms with Gasteiger partial charge in [-0.3, -0.25) is 19.9 Å². The van der Waals surface area contributed by atoms with Crippen LogP contribution in [0.3, 0.4) is 0 Å². The molecule has 0 spiro atoms. The first-order valence-corrected chi connectivity index (χ1v) is 13.9. The Hall–Kier alpha value is -3.05. The van der Waals surface area contributed by atoms with Crippen LogP contribution in [0.2, 0.25) is 0 Å². The van der Waals surface area contributed by atoms with Crippen molar-refractivity contribution >= 4 is 11.8 Å². The summed E-state index contributed by atoms with van der Waals surface area (Å²) >= 11 is 0. The van der Waals surface area contributed by atoms with E-state index in [1.807, 2.05) is 4.90 Å². The Morgan fingerprint density at radius 3 is 2.45 bits per heavy atom. The molecule has 40 heavy (non-hydrogen) atoms. The van der Waals surface area contributed by atoms with Crippen molar-refractivity contribution in [2.45, 2.75) is 57.2 Å². The lowest BCUT2D eigenvalue weighted by molar-refractivity contribution is -0.256. The Morgan fingerprint density at radius 1 is 1.10 bits per heavy atom. The second kappa shape index (κ2) is 11.8. The van der Waals surface area contributed by atoms with E-state index in [2.05, 4.69) is 15.6 Å². The van der Waals surface area contributed by atoms with Gasteiger partial charge in [0.05, 0.1) is 30.0 Å². The molecule has 0 unspecified atom stereocenters. The summed E-state index contributed by atoms with van der Waals surface area (Å²) in [5, 5.41) is 5.32. The van der Waals surface area contributed by atoms with Gasteiger partial charge in [0.1, 0.15) is 11.6 Å². The standard InChI is InChI=1S/C29H34F4N4O3/c30-23-15-20(26(38)36-27(39)25-3-1-12-34-25)4-6-22(23)24-7-5-21(16-35-24)40-17-19-8-13-37(14-9-19)18-28(10-2-11-28)29(31,32)33/h4-7,15-16,19,25,34H,1-3,8-14,17-18H2,(H,36,38,39)/t25-/m0/s1. The lowest BCUT2D eigenvalue weighted by Crippen LogP contribution is -2.53. The fourth-order valence-electron chi connectivity index (χ4n) is 5.76. The van der Waals surface area contributed by atoms with E-state index in [1.165, 1.54) is 18.3 Å². The predicted molar refractivity (Wildman–Crippen MR) is 140 cm³/mol. The van der Waals surface area contributed by atoms with E-state index in [9.17, 15) is 27.2 Å². The number of halogens is 4. The van der Waals surface area contributed by atoms with Gasteiger partial charge in [0.15, 0.2) is 0 Å². The minimum absolute atomic E-state index is 0.0415. The summed E-state index contributed by atoms with van der Waals surface area (Å²) in [6.07, 6.45) is 1.52. The van der Waals surface area contributed by atoms with Crippen molar-refractivity contribution in [3.63, 3.8) is 0 Å². The van der Waals surface area contributed by atoms with Crippen molar-refractivity contribution in [1.29, 1.82) is 0 Å². The normalized spacial score (nSPS) is 21.6. The van der Waals surface area contributed by atoms with E-state index in [4.69, 9.17) is 4.74 Å². The molecular weight excluding hydrogens is 528 g/mol. The number of ether oxygens (including phenoxy) is 1. The van der Waals surface area contributed by atoms with Crippen molar-refractivity contribution in [1.82, 2.24) is 20.5 Å². The summed E-state index contributed by atoms with van der Waals surface area (Å²) < 4.78 is 61.2. The van der Waals surface area contributed by atoms with Gasteiger partial charge in [0.25, 0.3) is 5.91 Å². The van der Waals surface area contributed by atoms with Gasteiger partial charge in [0, 0.05) is 17.7 Å². The number of hydrogen-bond acceptors (Lipinski definition) is 6. The van der Waals surface area contributed by atoms with Crippen molar-refractivity contribution in [2.24, 2.45) is 11.3 Å². The van der Waals surface area contributed by atoms with E-state index in [-0.39, 0.29) is 36.4 Å². The van der Waals surface area contributed by atoms with Gasteiger partial charge in [-0.1, -0.05) is 6.42 Å². The number of alkyl halides is 3. The summed E-state index contributed by atoms with van der Waals surface area (Å²) in [7, 11) is 0. The van der Waals surface area contributed by atoms with Gasteiger partial charge in [-0.2, -0.15) is 13.2 Å². The summed E-state index contributed by atoms with van der Waals surface area (Å²) in [5.41, 5.74) is -0.907. The monoisotopic (exact) mass is 562 g/mol. The SMILES string of the molecule is O=C(NC(=O)[C@@H]1CCCN1)c1ccc(-c2ccc(OCC3CCN(CC4(C(F)(F)F)CCC4)CC3)cn2)c(F)c1. The van der Waals surface area contributed by atoms with Gasteiger partial charge in [-0.25, -0.2) is 4.39 Å². The summed E-state index contributed by atoms with van der Waals surface area (Å²) in [6, 6.07) is 6.89. The molecule has 0 radical (unpaired) electrons.